The fourth-order valence-corrected chi connectivity index (χ4v) is 1.69. The van der Waals surface area contributed by atoms with E-state index in [0.717, 1.165) is 0 Å². The van der Waals surface area contributed by atoms with Crippen LogP contribution in [0, 0.1) is 0 Å². The molecular formula is C11H15ClN6O2. The molecule has 2 heterocycles. The quantitative estimate of drug-likeness (QED) is 0.769. The second-order valence-corrected chi connectivity index (χ2v) is 4.36. The molecule has 8 nitrogen and oxygen atoms in total. The number of methoxy groups -OCH3 is 1. The van der Waals surface area contributed by atoms with Crippen molar-refractivity contribution in [1.29, 1.82) is 0 Å². The Kier molecular flexibility index (Phi) is 5.22. The van der Waals surface area contributed by atoms with E-state index in [4.69, 9.17) is 16.3 Å². The smallest absolute Gasteiger partial charge is 0.241 e. The molecule has 2 N–H and O–H groups in total. The van der Waals surface area contributed by atoms with Crippen molar-refractivity contribution in [2.24, 2.45) is 0 Å². The summed E-state index contributed by atoms with van der Waals surface area (Å²) in [6.45, 7) is 0.786. The molecule has 20 heavy (non-hydrogen) atoms. The van der Waals surface area contributed by atoms with Crippen LogP contribution in [-0.4, -0.2) is 56.0 Å². The van der Waals surface area contributed by atoms with Gasteiger partial charge < -0.3 is 15.2 Å². The van der Waals surface area contributed by atoms with Crippen molar-refractivity contribution in [3.63, 3.8) is 0 Å². The Balaban J connectivity index is 1.98. The van der Waals surface area contributed by atoms with Gasteiger partial charge in [0, 0.05) is 26.0 Å². The fraction of sp³-hybridized carbons (Fsp3) is 0.455. The lowest BCUT2D eigenvalue weighted by Gasteiger charge is -2.10. The third kappa shape index (κ3) is 4.12. The second kappa shape index (κ2) is 7.13. The van der Waals surface area contributed by atoms with E-state index in [0.29, 0.717) is 31.5 Å². The zero-order valence-electron chi connectivity index (χ0n) is 10.9. The maximum absolute atomic E-state index is 9.53. The van der Waals surface area contributed by atoms with Gasteiger partial charge in [0.2, 0.25) is 17.2 Å². The molecule has 0 aromatic carbocycles. The predicted octanol–water partition coefficient (Wildman–Crippen LogP) is 0.520. The molecule has 0 spiro atoms. The van der Waals surface area contributed by atoms with E-state index >= 15 is 0 Å². The number of rotatable bonds is 7. The van der Waals surface area contributed by atoms with E-state index in [1.165, 1.54) is 0 Å². The number of nitrogens with zero attached hydrogens (tertiary/aromatic N) is 5. The summed E-state index contributed by atoms with van der Waals surface area (Å²) in [5.74, 6) is 0.723. The number of imidazole rings is 1. The number of halogens is 1. The van der Waals surface area contributed by atoms with Gasteiger partial charge in [-0.15, -0.1) is 0 Å². The molecule has 9 heteroatoms. The van der Waals surface area contributed by atoms with Crippen molar-refractivity contribution in [3.8, 4) is 5.95 Å². The molecule has 0 amide bonds. The molecule has 1 unspecified atom stereocenters. The minimum Gasteiger partial charge on any atom is -0.391 e. The van der Waals surface area contributed by atoms with E-state index in [1.807, 2.05) is 0 Å². The van der Waals surface area contributed by atoms with E-state index in [9.17, 15) is 5.11 Å². The van der Waals surface area contributed by atoms with Crippen LogP contribution in [0.3, 0.4) is 0 Å². The normalized spacial score (nSPS) is 12.3. The lowest BCUT2D eigenvalue weighted by atomic mass is 10.3. The standard InChI is InChI=1S/C11H15ClN6O2/c1-20-6-8(19)2-3-14-10-15-9(12)16-11(17-10)18-5-4-13-7-18/h4-5,7-8,19H,2-3,6H2,1H3,(H,14,15,16,17). The van der Waals surface area contributed by atoms with Crippen molar-refractivity contribution >= 4 is 17.5 Å². The second-order valence-electron chi connectivity index (χ2n) is 4.02. The average molecular weight is 299 g/mol. The lowest BCUT2D eigenvalue weighted by molar-refractivity contribution is 0.0615. The monoisotopic (exact) mass is 298 g/mol. The molecule has 2 rings (SSSR count). The first-order chi connectivity index (χ1) is 9.69. The Bertz CT molecular complexity index is 536. The molecule has 1 atom stereocenters. The van der Waals surface area contributed by atoms with Crippen molar-refractivity contribution in [2.75, 3.05) is 25.6 Å². The molecule has 2 aromatic heterocycles. The number of aliphatic hydroxyl groups excluding tert-OH is 1. The summed E-state index contributed by atoms with van der Waals surface area (Å²) in [6, 6.07) is 0. The van der Waals surface area contributed by atoms with Gasteiger partial charge in [0.05, 0.1) is 12.7 Å². The van der Waals surface area contributed by atoms with Crippen LogP contribution in [0.15, 0.2) is 18.7 Å². The van der Waals surface area contributed by atoms with E-state index in [-0.39, 0.29) is 5.28 Å². The van der Waals surface area contributed by atoms with Crippen LogP contribution in [0.2, 0.25) is 5.28 Å². The van der Waals surface area contributed by atoms with E-state index < -0.39 is 6.10 Å². The molecular weight excluding hydrogens is 284 g/mol. The average Bonchev–Trinajstić information content (AvgIpc) is 2.92. The van der Waals surface area contributed by atoms with Crippen molar-refractivity contribution < 1.29 is 9.84 Å². The minimum absolute atomic E-state index is 0.0867. The third-order valence-electron chi connectivity index (χ3n) is 2.45. The third-order valence-corrected chi connectivity index (χ3v) is 2.62. The fourth-order valence-electron chi connectivity index (χ4n) is 1.54. The summed E-state index contributed by atoms with van der Waals surface area (Å²) in [5.41, 5.74) is 0. The van der Waals surface area contributed by atoms with Crippen molar-refractivity contribution in [2.45, 2.75) is 12.5 Å². The van der Waals surface area contributed by atoms with Gasteiger partial charge in [-0.2, -0.15) is 15.0 Å². The van der Waals surface area contributed by atoms with Gasteiger partial charge in [-0.1, -0.05) is 0 Å². The number of hydrogen-bond donors (Lipinski definition) is 2. The molecule has 0 fully saturated rings. The number of hydrogen-bond acceptors (Lipinski definition) is 7. The van der Waals surface area contributed by atoms with Gasteiger partial charge in [0.15, 0.2) is 0 Å². The molecule has 2 aromatic rings. The first-order valence-electron chi connectivity index (χ1n) is 6.00. The van der Waals surface area contributed by atoms with Gasteiger partial charge in [-0.25, -0.2) is 4.98 Å². The highest BCUT2D eigenvalue weighted by atomic mass is 35.5. The SMILES string of the molecule is COCC(O)CCNc1nc(Cl)nc(-n2ccnc2)n1. The summed E-state index contributed by atoms with van der Waals surface area (Å²) in [5, 5.41) is 12.6. The van der Waals surface area contributed by atoms with Crippen molar-refractivity contribution in [3.05, 3.63) is 24.0 Å². The lowest BCUT2D eigenvalue weighted by Crippen LogP contribution is -2.19. The molecule has 0 radical (unpaired) electrons. The first kappa shape index (κ1) is 14.6. The van der Waals surface area contributed by atoms with Crippen LogP contribution in [0.5, 0.6) is 0 Å². The number of aliphatic hydroxyl groups is 1. The topological polar surface area (TPSA) is 98.0 Å². The summed E-state index contributed by atoms with van der Waals surface area (Å²) in [7, 11) is 1.54. The van der Waals surface area contributed by atoms with Crippen LogP contribution in [0.25, 0.3) is 5.95 Å². The number of aromatic nitrogens is 5. The van der Waals surface area contributed by atoms with Gasteiger partial charge in [-0.05, 0) is 18.0 Å². The maximum atomic E-state index is 9.53. The summed E-state index contributed by atoms with van der Waals surface area (Å²) in [4.78, 5) is 16.1. The van der Waals surface area contributed by atoms with Crippen LogP contribution < -0.4 is 5.32 Å². The Morgan fingerprint density at radius 3 is 3.00 bits per heavy atom. The highest BCUT2D eigenvalue weighted by Gasteiger charge is 2.07. The molecule has 0 saturated heterocycles. The Labute approximate surface area is 120 Å². The molecule has 108 valence electrons. The first-order valence-corrected chi connectivity index (χ1v) is 6.37. The van der Waals surface area contributed by atoms with Crippen molar-refractivity contribution in [1.82, 2.24) is 24.5 Å². The largest absolute Gasteiger partial charge is 0.391 e. The highest BCUT2D eigenvalue weighted by molar-refractivity contribution is 6.28. The number of anilines is 1. The number of nitrogens with one attached hydrogen (secondary N) is 1. The molecule has 0 aliphatic carbocycles. The molecule has 0 saturated carbocycles. The zero-order chi connectivity index (χ0) is 14.4. The Morgan fingerprint density at radius 2 is 2.30 bits per heavy atom. The maximum Gasteiger partial charge on any atom is 0.241 e. The summed E-state index contributed by atoms with van der Waals surface area (Å²) in [6.07, 6.45) is 4.87. The Morgan fingerprint density at radius 1 is 1.45 bits per heavy atom. The van der Waals surface area contributed by atoms with Crippen LogP contribution in [0.4, 0.5) is 5.95 Å². The van der Waals surface area contributed by atoms with Gasteiger partial charge >= 0.3 is 0 Å². The van der Waals surface area contributed by atoms with Crippen LogP contribution in [-0.2, 0) is 4.74 Å². The van der Waals surface area contributed by atoms with Gasteiger partial charge in [0.1, 0.15) is 6.33 Å². The Hall–Kier alpha value is -1.77. The van der Waals surface area contributed by atoms with Crippen LogP contribution in [0.1, 0.15) is 6.42 Å². The van der Waals surface area contributed by atoms with E-state index in [1.54, 1.807) is 30.4 Å². The highest BCUT2D eigenvalue weighted by Crippen LogP contribution is 2.09. The van der Waals surface area contributed by atoms with Crippen LogP contribution >= 0.6 is 11.6 Å². The number of ether oxygens (including phenoxy) is 1. The zero-order valence-corrected chi connectivity index (χ0v) is 11.7. The molecule has 0 bridgehead atoms. The predicted molar refractivity (Wildman–Crippen MR) is 72.9 cm³/mol. The van der Waals surface area contributed by atoms with Gasteiger partial charge in [-0.3, -0.25) is 4.57 Å². The van der Waals surface area contributed by atoms with E-state index in [2.05, 4.69) is 25.3 Å². The van der Waals surface area contributed by atoms with Gasteiger partial charge in [0.25, 0.3) is 0 Å². The summed E-state index contributed by atoms with van der Waals surface area (Å²) < 4.78 is 6.47. The minimum atomic E-state index is -0.530. The summed E-state index contributed by atoms with van der Waals surface area (Å²) >= 11 is 5.85. The molecule has 0 aliphatic heterocycles. The molecule has 0 aliphatic rings.